The number of para-hydroxylation sites is 1. The van der Waals surface area contributed by atoms with Crippen molar-refractivity contribution in [3.63, 3.8) is 0 Å². The first-order valence-electron chi connectivity index (χ1n) is 7.05. The molecule has 0 saturated carbocycles. The number of rotatable bonds is 9. The molecule has 0 aliphatic carbocycles. The van der Waals surface area contributed by atoms with Gasteiger partial charge in [0.15, 0.2) is 0 Å². The van der Waals surface area contributed by atoms with E-state index in [9.17, 15) is 9.59 Å². The molecular formula is C15H21ClN2O3. The first kappa shape index (κ1) is 17.5. The Morgan fingerprint density at radius 3 is 2.62 bits per heavy atom. The van der Waals surface area contributed by atoms with E-state index in [2.05, 4.69) is 17.6 Å². The van der Waals surface area contributed by atoms with Gasteiger partial charge in [-0.1, -0.05) is 43.5 Å². The number of benzene rings is 1. The van der Waals surface area contributed by atoms with Gasteiger partial charge in [0.1, 0.15) is 6.04 Å². The summed E-state index contributed by atoms with van der Waals surface area (Å²) in [6, 6.07) is 5.95. The third-order valence-electron chi connectivity index (χ3n) is 3.01. The van der Waals surface area contributed by atoms with Crippen molar-refractivity contribution >= 4 is 29.2 Å². The maximum atomic E-state index is 11.9. The Kier molecular flexibility index (Phi) is 7.79. The van der Waals surface area contributed by atoms with Crippen LogP contribution in [0.4, 0.5) is 5.69 Å². The van der Waals surface area contributed by atoms with E-state index in [0.29, 0.717) is 17.3 Å². The average molecular weight is 313 g/mol. The summed E-state index contributed by atoms with van der Waals surface area (Å²) in [6.07, 6.45) is 2.86. The molecule has 0 aliphatic heterocycles. The molecule has 0 saturated heterocycles. The Morgan fingerprint density at radius 2 is 2.00 bits per heavy atom. The molecule has 1 amide bonds. The SMILES string of the molecule is CCCCCNC(CC(=O)Nc1ccccc1Cl)C(=O)O. The van der Waals surface area contributed by atoms with Crippen LogP contribution in [0, 0.1) is 0 Å². The van der Waals surface area contributed by atoms with Crippen molar-refractivity contribution in [3.8, 4) is 0 Å². The summed E-state index contributed by atoms with van der Waals surface area (Å²) in [6.45, 7) is 2.66. The quantitative estimate of drug-likeness (QED) is 0.613. The maximum absolute atomic E-state index is 11.9. The summed E-state index contributed by atoms with van der Waals surface area (Å²) in [7, 11) is 0. The van der Waals surface area contributed by atoms with E-state index in [1.807, 2.05) is 0 Å². The zero-order valence-corrected chi connectivity index (χ0v) is 12.8. The van der Waals surface area contributed by atoms with E-state index in [0.717, 1.165) is 19.3 Å². The van der Waals surface area contributed by atoms with E-state index in [1.54, 1.807) is 24.3 Å². The lowest BCUT2D eigenvalue weighted by molar-refractivity contribution is -0.141. The molecule has 0 bridgehead atoms. The molecule has 1 aromatic rings. The van der Waals surface area contributed by atoms with Gasteiger partial charge >= 0.3 is 5.97 Å². The summed E-state index contributed by atoms with van der Waals surface area (Å²) in [5.74, 6) is -1.40. The molecule has 1 rings (SSSR count). The van der Waals surface area contributed by atoms with Gasteiger partial charge in [0, 0.05) is 0 Å². The van der Waals surface area contributed by atoms with E-state index in [4.69, 9.17) is 16.7 Å². The Balaban J connectivity index is 2.49. The van der Waals surface area contributed by atoms with Crippen LogP contribution in [0.2, 0.25) is 5.02 Å². The Morgan fingerprint density at radius 1 is 1.29 bits per heavy atom. The molecule has 1 atom stereocenters. The van der Waals surface area contributed by atoms with Crippen molar-refractivity contribution in [2.75, 3.05) is 11.9 Å². The number of anilines is 1. The van der Waals surface area contributed by atoms with Gasteiger partial charge in [0.25, 0.3) is 0 Å². The van der Waals surface area contributed by atoms with Crippen LogP contribution in [0.15, 0.2) is 24.3 Å². The predicted molar refractivity (Wildman–Crippen MR) is 83.7 cm³/mol. The molecule has 0 radical (unpaired) electrons. The van der Waals surface area contributed by atoms with Crippen LogP contribution < -0.4 is 10.6 Å². The Hall–Kier alpha value is -1.59. The van der Waals surface area contributed by atoms with Crippen molar-refractivity contribution in [2.45, 2.75) is 38.6 Å². The third-order valence-corrected chi connectivity index (χ3v) is 3.34. The number of carbonyl (C=O) groups is 2. The van der Waals surface area contributed by atoms with Crippen LogP contribution >= 0.6 is 11.6 Å². The zero-order valence-electron chi connectivity index (χ0n) is 12.1. The molecule has 0 heterocycles. The fourth-order valence-corrected chi connectivity index (χ4v) is 2.03. The third kappa shape index (κ3) is 6.60. The fourth-order valence-electron chi connectivity index (χ4n) is 1.85. The molecule has 0 aromatic heterocycles. The van der Waals surface area contributed by atoms with Crippen LogP contribution in [0.3, 0.4) is 0 Å². The van der Waals surface area contributed by atoms with Crippen LogP contribution in [-0.2, 0) is 9.59 Å². The van der Waals surface area contributed by atoms with Gasteiger partial charge in [0.05, 0.1) is 17.1 Å². The second-order valence-electron chi connectivity index (χ2n) is 4.78. The number of carbonyl (C=O) groups excluding carboxylic acids is 1. The molecule has 0 fully saturated rings. The summed E-state index contributed by atoms with van der Waals surface area (Å²) >= 11 is 5.94. The lowest BCUT2D eigenvalue weighted by Gasteiger charge is -2.14. The number of carboxylic acid groups (broad SMARTS) is 1. The van der Waals surface area contributed by atoms with Crippen LogP contribution in [0.1, 0.15) is 32.6 Å². The fraction of sp³-hybridized carbons (Fsp3) is 0.467. The van der Waals surface area contributed by atoms with Crippen LogP contribution in [0.25, 0.3) is 0 Å². The number of hydrogen-bond acceptors (Lipinski definition) is 3. The molecule has 6 heteroatoms. The second-order valence-corrected chi connectivity index (χ2v) is 5.19. The van der Waals surface area contributed by atoms with E-state index < -0.39 is 12.0 Å². The summed E-state index contributed by atoms with van der Waals surface area (Å²) in [4.78, 5) is 23.0. The molecule has 21 heavy (non-hydrogen) atoms. The maximum Gasteiger partial charge on any atom is 0.321 e. The normalized spacial score (nSPS) is 11.9. The van der Waals surface area contributed by atoms with Crippen molar-refractivity contribution in [1.82, 2.24) is 5.32 Å². The topological polar surface area (TPSA) is 78.4 Å². The number of unbranched alkanes of at least 4 members (excludes halogenated alkanes) is 2. The van der Waals surface area contributed by atoms with Crippen molar-refractivity contribution in [1.29, 1.82) is 0 Å². The lowest BCUT2D eigenvalue weighted by atomic mass is 10.1. The van der Waals surface area contributed by atoms with Crippen molar-refractivity contribution < 1.29 is 14.7 Å². The molecule has 0 spiro atoms. The monoisotopic (exact) mass is 312 g/mol. The van der Waals surface area contributed by atoms with Gasteiger partial charge in [-0.15, -0.1) is 0 Å². The summed E-state index contributed by atoms with van der Waals surface area (Å²) < 4.78 is 0. The predicted octanol–water partition coefficient (Wildman–Crippen LogP) is 2.90. The Labute approximate surface area is 129 Å². The van der Waals surface area contributed by atoms with Gasteiger partial charge in [-0.25, -0.2) is 0 Å². The number of halogens is 1. The van der Waals surface area contributed by atoms with E-state index in [-0.39, 0.29) is 12.3 Å². The number of carboxylic acids is 1. The van der Waals surface area contributed by atoms with Crippen molar-refractivity contribution in [3.05, 3.63) is 29.3 Å². The van der Waals surface area contributed by atoms with E-state index in [1.165, 1.54) is 0 Å². The first-order chi connectivity index (χ1) is 10.0. The minimum Gasteiger partial charge on any atom is -0.480 e. The number of nitrogens with one attached hydrogen (secondary N) is 2. The van der Waals surface area contributed by atoms with Gasteiger partial charge < -0.3 is 15.7 Å². The van der Waals surface area contributed by atoms with Crippen molar-refractivity contribution in [2.24, 2.45) is 0 Å². The molecular weight excluding hydrogens is 292 g/mol. The molecule has 3 N–H and O–H groups in total. The average Bonchev–Trinajstić information content (AvgIpc) is 2.44. The van der Waals surface area contributed by atoms with Gasteiger partial charge in [-0.3, -0.25) is 9.59 Å². The van der Waals surface area contributed by atoms with Gasteiger partial charge in [0.2, 0.25) is 5.91 Å². The summed E-state index contributed by atoms with van der Waals surface area (Å²) in [5, 5.41) is 15.1. The smallest absolute Gasteiger partial charge is 0.321 e. The molecule has 5 nitrogen and oxygen atoms in total. The standard InChI is InChI=1S/C15H21ClN2O3/c1-2-3-6-9-17-13(15(20)21)10-14(19)18-12-8-5-4-7-11(12)16/h4-5,7-8,13,17H,2-3,6,9-10H2,1H3,(H,18,19)(H,20,21). The number of hydrogen-bond donors (Lipinski definition) is 3. The molecule has 1 unspecified atom stereocenters. The highest BCUT2D eigenvalue weighted by Gasteiger charge is 2.20. The molecule has 116 valence electrons. The lowest BCUT2D eigenvalue weighted by Crippen LogP contribution is -2.40. The van der Waals surface area contributed by atoms with Gasteiger partial charge in [-0.2, -0.15) is 0 Å². The highest BCUT2D eigenvalue weighted by molar-refractivity contribution is 6.33. The minimum absolute atomic E-state index is 0.132. The number of amides is 1. The van der Waals surface area contributed by atoms with Crippen LogP contribution in [-0.4, -0.2) is 29.6 Å². The molecule has 1 aromatic carbocycles. The highest BCUT2D eigenvalue weighted by Crippen LogP contribution is 2.20. The Bertz CT molecular complexity index is 480. The zero-order chi connectivity index (χ0) is 15.7. The van der Waals surface area contributed by atoms with Gasteiger partial charge in [-0.05, 0) is 25.1 Å². The number of aliphatic carboxylic acids is 1. The molecule has 0 aliphatic rings. The second kappa shape index (κ2) is 9.37. The first-order valence-corrected chi connectivity index (χ1v) is 7.43. The van der Waals surface area contributed by atoms with E-state index >= 15 is 0 Å². The van der Waals surface area contributed by atoms with Crippen LogP contribution in [0.5, 0.6) is 0 Å². The highest BCUT2D eigenvalue weighted by atomic mass is 35.5. The summed E-state index contributed by atoms with van der Waals surface area (Å²) in [5.41, 5.74) is 0.485. The minimum atomic E-state index is -1.03. The largest absolute Gasteiger partial charge is 0.480 e.